The summed E-state index contributed by atoms with van der Waals surface area (Å²) in [5.41, 5.74) is 1.21. The molecule has 1 rings (SSSR count). The molecule has 0 radical (unpaired) electrons. The standard InChI is InChI=1S/C13H16Cl2N2O2/c1-3-11(18)16-9-5-4-6-10(7-9)17-13(19)8(2)12(14)15/h4-8,12H,3H2,1-2H3,(H,16,18)(H,17,19). The molecule has 1 aromatic carbocycles. The van der Waals surface area contributed by atoms with Crippen LogP contribution in [-0.4, -0.2) is 16.7 Å². The molecular formula is C13H16Cl2N2O2. The molecule has 0 aromatic heterocycles. The van der Waals surface area contributed by atoms with Crippen LogP contribution in [-0.2, 0) is 9.59 Å². The van der Waals surface area contributed by atoms with Crippen molar-refractivity contribution < 1.29 is 9.59 Å². The number of anilines is 2. The first-order valence-electron chi connectivity index (χ1n) is 5.93. The molecule has 2 amide bonds. The van der Waals surface area contributed by atoms with Gasteiger partial charge in [-0.25, -0.2) is 0 Å². The Labute approximate surface area is 122 Å². The fourth-order valence-corrected chi connectivity index (χ4v) is 1.52. The molecule has 2 N–H and O–H groups in total. The van der Waals surface area contributed by atoms with Gasteiger partial charge in [0.2, 0.25) is 11.8 Å². The summed E-state index contributed by atoms with van der Waals surface area (Å²) >= 11 is 11.3. The molecule has 0 spiro atoms. The van der Waals surface area contributed by atoms with Gasteiger partial charge in [0.15, 0.2) is 0 Å². The summed E-state index contributed by atoms with van der Waals surface area (Å²) in [6.07, 6.45) is 0.397. The van der Waals surface area contributed by atoms with Crippen molar-refractivity contribution in [2.24, 2.45) is 5.92 Å². The molecule has 0 saturated heterocycles. The van der Waals surface area contributed by atoms with E-state index in [1.165, 1.54) is 0 Å². The van der Waals surface area contributed by atoms with Crippen LogP contribution in [0.1, 0.15) is 20.3 Å². The van der Waals surface area contributed by atoms with Crippen molar-refractivity contribution in [1.82, 2.24) is 0 Å². The summed E-state index contributed by atoms with van der Waals surface area (Å²) in [5.74, 6) is -0.871. The highest BCUT2D eigenvalue weighted by atomic mass is 35.5. The number of benzene rings is 1. The summed E-state index contributed by atoms with van der Waals surface area (Å²) < 4.78 is 0. The minimum atomic E-state index is -0.761. The molecule has 0 aliphatic carbocycles. The molecule has 0 aliphatic heterocycles. The van der Waals surface area contributed by atoms with Crippen molar-refractivity contribution in [3.05, 3.63) is 24.3 Å². The van der Waals surface area contributed by atoms with Gasteiger partial charge in [0, 0.05) is 17.8 Å². The molecule has 19 heavy (non-hydrogen) atoms. The lowest BCUT2D eigenvalue weighted by atomic mass is 10.2. The number of carbonyl (C=O) groups excluding carboxylic acids is 2. The molecule has 1 unspecified atom stereocenters. The maximum Gasteiger partial charge on any atom is 0.229 e. The van der Waals surface area contributed by atoms with E-state index in [0.29, 0.717) is 17.8 Å². The van der Waals surface area contributed by atoms with Crippen LogP contribution >= 0.6 is 23.2 Å². The molecule has 0 fully saturated rings. The fraction of sp³-hybridized carbons (Fsp3) is 0.385. The number of hydrogen-bond acceptors (Lipinski definition) is 2. The Morgan fingerprint density at radius 3 is 2.32 bits per heavy atom. The number of rotatable bonds is 5. The zero-order valence-corrected chi connectivity index (χ0v) is 12.3. The van der Waals surface area contributed by atoms with E-state index in [9.17, 15) is 9.59 Å². The first-order chi connectivity index (χ1) is 8.93. The van der Waals surface area contributed by atoms with Crippen molar-refractivity contribution in [3.63, 3.8) is 0 Å². The van der Waals surface area contributed by atoms with Crippen molar-refractivity contribution in [1.29, 1.82) is 0 Å². The van der Waals surface area contributed by atoms with Gasteiger partial charge in [-0.05, 0) is 18.2 Å². The van der Waals surface area contributed by atoms with E-state index in [1.807, 2.05) is 0 Å². The van der Waals surface area contributed by atoms with Gasteiger partial charge in [0.1, 0.15) is 4.84 Å². The predicted molar refractivity (Wildman–Crippen MR) is 78.7 cm³/mol. The molecule has 4 nitrogen and oxygen atoms in total. The second kappa shape index (κ2) is 7.36. The Balaban J connectivity index is 2.72. The maximum atomic E-state index is 11.8. The maximum absolute atomic E-state index is 11.8. The summed E-state index contributed by atoms with van der Waals surface area (Å²) in [6, 6.07) is 6.89. The summed E-state index contributed by atoms with van der Waals surface area (Å²) in [4.78, 5) is 22.3. The van der Waals surface area contributed by atoms with Crippen LogP contribution < -0.4 is 10.6 Å². The third kappa shape index (κ3) is 5.09. The number of halogens is 2. The summed E-state index contributed by atoms with van der Waals surface area (Å²) in [7, 11) is 0. The first-order valence-corrected chi connectivity index (χ1v) is 6.80. The Hall–Kier alpha value is -1.26. The average Bonchev–Trinajstić information content (AvgIpc) is 2.37. The van der Waals surface area contributed by atoms with Crippen molar-refractivity contribution >= 4 is 46.4 Å². The zero-order chi connectivity index (χ0) is 14.4. The van der Waals surface area contributed by atoms with Crippen LogP contribution in [0.15, 0.2) is 24.3 Å². The molecule has 1 atom stereocenters. The van der Waals surface area contributed by atoms with Gasteiger partial charge >= 0.3 is 0 Å². The van der Waals surface area contributed by atoms with E-state index in [1.54, 1.807) is 38.1 Å². The summed E-state index contributed by atoms with van der Waals surface area (Å²) in [5, 5.41) is 5.41. The SMILES string of the molecule is CCC(=O)Nc1cccc(NC(=O)C(C)C(Cl)Cl)c1. The highest BCUT2D eigenvalue weighted by Gasteiger charge is 2.19. The second-order valence-electron chi connectivity index (χ2n) is 4.09. The molecule has 0 bridgehead atoms. The number of amides is 2. The van der Waals surface area contributed by atoms with E-state index in [2.05, 4.69) is 10.6 Å². The van der Waals surface area contributed by atoms with Crippen LogP contribution in [0, 0.1) is 5.92 Å². The summed E-state index contributed by atoms with van der Waals surface area (Å²) in [6.45, 7) is 3.41. The van der Waals surface area contributed by atoms with Crippen LogP contribution in [0.5, 0.6) is 0 Å². The molecule has 6 heteroatoms. The molecular weight excluding hydrogens is 287 g/mol. The molecule has 0 heterocycles. The minimum absolute atomic E-state index is 0.0848. The van der Waals surface area contributed by atoms with Crippen molar-refractivity contribution in [2.75, 3.05) is 10.6 Å². The zero-order valence-electron chi connectivity index (χ0n) is 10.7. The van der Waals surface area contributed by atoms with Crippen LogP contribution in [0.4, 0.5) is 11.4 Å². The third-order valence-electron chi connectivity index (χ3n) is 2.53. The van der Waals surface area contributed by atoms with Gasteiger partial charge in [-0.2, -0.15) is 0 Å². The molecule has 0 saturated carbocycles. The van der Waals surface area contributed by atoms with Crippen LogP contribution in [0.2, 0.25) is 0 Å². The van der Waals surface area contributed by atoms with E-state index in [-0.39, 0.29) is 11.8 Å². The van der Waals surface area contributed by atoms with E-state index < -0.39 is 10.8 Å². The normalized spacial score (nSPS) is 12.1. The quantitative estimate of drug-likeness (QED) is 0.819. The smallest absolute Gasteiger partial charge is 0.229 e. The molecule has 0 aliphatic rings. The van der Waals surface area contributed by atoms with Gasteiger partial charge < -0.3 is 10.6 Å². The number of alkyl halides is 2. The molecule has 104 valence electrons. The van der Waals surface area contributed by atoms with Gasteiger partial charge in [-0.3, -0.25) is 9.59 Å². The monoisotopic (exact) mass is 302 g/mol. The fourth-order valence-electron chi connectivity index (χ4n) is 1.29. The van der Waals surface area contributed by atoms with Gasteiger partial charge in [0.25, 0.3) is 0 Å². The van der Waals surface area contributed by atoms with Crippen LogP contribution in [0.25, 0.3) is 0 Å². The lowest BCUT2D eigenvalue weighted by molar-refractivity contribution is -0.119. The number of carbonyl (C=O) groups is 2. The van der Waals surface area contributed by atoms with Gasteiger partial charge in [-0.15, -0.1) is 23.2 Å². The first kappa shape index (κ1) is 15.8. The Morgan fingerprint density at radius 1 is 1.21 bits per heavy atom. The van der Waals surface area contributed by atoms with Crippen molar-refractivity contribution in [3.8, 4) is 0 Å². The lowest BCUT2D eigenvalue weighted by Crippen LogP contribution is -2.24. The van der Waals surface area contributed by atoms with Gasteiger partial charge in [0.05, 0.1) is 5.92 Å². The third-order valence-corrected chi connectivity index (χ3v) is 3.28. The predicted octanol–water partition coefficient (Wildman–Crippen LogP) is 3.41. The number of hydrogen-bond donors (Lipinski definition) is 2. The largest absolute Gasteiger partial charge is 0.326 e. The van der Waals surface area contributed by atoms with Gasteiger partial charge in [-0.1, -0.05) is 19.9 Å². The Kier molecular flexibility index (Phi) is 6.12. The highest BCUT2D eigenvalue weighted by Crippen LogP contribution is 2.19. The second-order valence-corrected chi connectivity index (χ2v) is 5.26. The van der Waals surface area contributed by atoms with E-state index in [4.69, 9.17) is 23.2 Å². The van der Waals surface area contributed by atoms with E-state index in [0.717, 1.165) is 0 Å². The lowest BCUT2D eigenvalue weighted by Gasteiger charge is -2.13. The van der Waals surface area contributed by atoms with Crippen LogP contribution in [0.3, 0.4) is 0 Å². The Morgan fingerprint density at radius 2 is 1.79 bits per heavy atom. The van der Waals surface area contributed by atoms with E-state index >= 15 is 0 Å². The Bertz CT molecular complexity index is 464. The minimum Gasteiger partial charge on any atom is -0.326 e. The topological polar surface area (TPSA) is 58.2 Å². The number of nitrogens with one attached hydrogen (secondary N) is 2. The van der Waals surface area contributed by atoms with Crippen molar-refractivity contribution in [2.45, 2.75) is 25.1 Å². The average molecular weight is 303 g/mol. The molecule has 1 aromatic rings. The highest BCUT2D eigenvalue weighted by molar-refractivity contribution is 6.45.